The first kappa shape index (κ1) is 14.1. The number of non-ortho nitro benzene ring substituents is 1. The minimum atomic E-state index is -0.875. The molecule has 6 heteroatoms. The van der Waals surface area contributed by atoms with Gasteiger partial charge >= 0.3 is 5.97 Å². The molecule has 1 aromatic carbocycles. The summed E-state index contributed by atoms with van der Waals surface area (Å²) in [4.78, 5) is 21.5. The Hall–Kier alpha value is -1.95. The summed E-state index contributed by atoms with van der Waals surface area (Å²) >= 11 is 0. The van der Waals surface area contributed by atoms with Crippen LogP contribution in [0.25, 0.3) is 0 Å². The van der Waals surface area contributed by atoms with Gasteiger partial charge in [-0.3, -0.25) is 14.9 Å². The highest BCUT2D eigenvalue weighted by atomic mass is 16.6. The van der Waals surface area contributed by atoms with Crippen molar-refractivity contribution >= 4 is 11.7 Å². The number of benzene rings is 1. The minimum Gasteiger partial charge on any atom is -0.454 e. The number of nitrogens with two attached hydrogens (primary N) is 1. The zero-order valence-corrected chi connectivity index (χ0v) is 10.5. The molecule has 0 bridgehead atoms. The Balaban J connectivity index is 2.91. The normalized spacial score (nSPS) is 12.9. The predicted molar refractivity (Wildman–Crippen MR) is 65.9 cm³/mol. The molecule has 0 saturated heterocycles. The Morgan fingerprint density at radius 3 is 2.28 bits per heavy atom. The smallest absolute Gasteiger partial charge is 0.323 e. The number of nitrogens with zero attached hydrogens (tertiary/aromatic N) is 1. The Morgan fingerprint density at radius 2 is 1.89 bits per heavy atom. The van der Waals surface area contributed by atoms with Crippen LogP contribution < -0.4 is 5.73 Å². The molecule has 6 nitrogen and oxygen atoms in total. The zero-order chi connectivity index (χ0) is 13.9. The SMILES string of the molecule is C[C@H](N)C(=O)OC(C)(C)c1ccc([N+](=O)[O-])cc1. The second-order valence-electron chi connectivity index (χ2n) is 4.52. The molecule has 0 aliphatic heterocycles. The number of nitro groups is 1. The third-order valence-electron chi connectivity index (χ3n) is 2.50. The summed E-state index contributed by atoms with van der Waals surface area (Å²) in [6, 6.07) is 5.16. The van der Waals surface area contributed by atoms with Gasteiger partial charge in [-0.25, -0.2) is 0 Å². The van der Waals surface area contributed by atoms with Crippen LogP contribution in [0.3, 0.4) is 0 Å². The van der Waals surface area contributed by atoms with Crippen molar-refractivity contribution in [3.63, 3.8) is 0 Å². The lowest BCUT2D eigenvalue weighted by Crippen LogP contribution is -2.35. The first-order chi connectivity index (χ1) is 8.24. The summed E-state index contributed by atoms with van der Waals surface area (Å²) in [6.07, 6.45) is 0. The van der Waals surface area contributed by atoms with Crippen LogP contribution in [0.15, 0.2) is 24.3 Å². The van der Waals surface area contributed by atoms with Gasteiger partial charge in [0.05, 0.1) is 4.92 Å². The van der Waals surface area contributed by atoms with E-state index in [9.17, 15) is 14.9 Å². The number of ether oxygens (including phenoxy) is 1. The lowest BCUT2D eigenvalue weighted by atomic mass is 9.97. The molecule has 0 unspecified atom stereocenters. The van der Waals surface area contributed by atoms with Gasteiger partial charge in [0.25, 0.3) is 5.69 Å². The van der Waals surface area contributed by atoms with Crippen molar-refractivity contribution in [2.75, 3.05) is 0 Å². The van der Waals surface area contributed by atoms with Gasteiger partial charge in [-0.05, 0) is 38.5 Å². The molecule has 1 atom stereocenters. The molecule has 2 N–H and O–H groups in total. The van der Waals surface area contributed by atoms with Crippen LogP contribution in [0.4, 0.5) is 5.69 Å². The first-order valence-corrected chi connectivity index (χ1v) is 5.47. The molecule has 0 heterocycles. The van der Waals surface area contributed by atoms with E-state index in [0.29, 0.717) is 5.56 Å². The van der Waals surface area contributed by atoms with Gasteiger partial charge in [0.1, 0.15) is 11.6 Å². The van der Waals surface area contributed by atoms with Crippen LogP contribution in [0.2, 0.25) is 0 Å². The van der Waals surface area contributed by atoms with Gasteiger partial charge < -0.3 is 10.5 Å². The third kappa shape index (κ3) is 3.27. The number of carbonyl (C=O) groups is 1. The zero-order valence-electron chi connectivity index (χ0n) is 10.5. The van der Waals surface area contributed by atoms with Crippen molar-refractivity contribution in [2.24, 2.45) is 5.73 Å². The second-order valence-corrected chi connectivity index (χ2v) is 4.52. The minimum absolute atomic E-state index is 0.00642. The lowest BCUT2D eigenvalue weighted by molar-refractivity contribution is -0.384. The number of esters is 1. The molecule has 0 aliphatic rings. The van der Waals surface area contributed by atoms with Crippen molar-refractivity contribution in [3.05, 3.63) is 39.9 Å². The molecular formula is C12H16N2O4. The van der Waals surface area contributed by atoms with Crippen LogP contribution >= 0.6 is 0 Å². The molecule has 0 amide bonds. The quantitative estimate of drug-likeness (QED) is 0.500. The fourth-order valence-electron chi connectivity index (χ4n) is 1.39. The number of carbonyl (C=O) groups excluding carboxylic acids is 1. The summed E-state index contributed by atoms with van der Waals surface area (Å²) in [5.41, 5.74) is 5.21. The topological polar surface area (TPSA) is 95.5 Å². The lowest BCUT2D eigenvalue weighted by Gasteiger charge is -2.26. The van der Waals surface area contributed by atoms with Crippen LogP contribution in [-0.4, -0.2) is 16.9 Å². The maximum Gasteiger partial charge on any atom is 0.323 e. The molecule has 0 aliphatic carbocycles. The van der Waals surface area contributed by atoms with Crippen molar-refractivity contribution in [1.82, 2.24) is 0 Å². The van der Waals surface area contributed by atoms with Gasteiger partial charge in [-0.1, -0.05) is 0 Å². The van der Waals surface area contributed by atoms with E-state index in [4.69, 9.17) is 10.5 Å². The number of hydrogen-bond donors (Lipinski definition) is 1. The maximum absolute atomic E-state index is 11.5. The molecule has 18 heavy (non-hydrogen) atoms. The van der Waals surface area contributed by atoms with E-state index in [2.05, 4.69) is 0 Å². The van der Waals surface area contributed by atoms with Gasteiger partial charge in [0, 0.05) is 12.1 Å². The highest BCUT2D eigenvalue weighted by Gasteiger charge is 2.27. The fraction of sp³-hybridized carbons (Fsp3) is 0.417. The molecule has 0 aromatic heterocycles. The highest BCUT2D eigenvalue weighted by Crippen LogP contribution is 2.26. The van der Waals surface area contributed by atoms with Crippen LogP contribution in [0, 0.1) is 10.1 Å². The summed E-state index contributed by atoms with van der Waals surface area (Å²) in [5, 5.41) is 10.5. The maximum atomic E-state index is 11.5. The summed E-state index contributed by atoms with van der Waals surface area (Å²) in [6.45, 7) is 4.94. The van der Waals surface area contributed by atoms with Crippen molar-refractivity contribution in [3.8, 4) is 0 Å². The van der Waals surface area contributed by atoms with Crippen molar-refractivity contribution in [2.45, 2.75) is 32.4 Å². The Bertz CT molecular complexity index is 452. The average molecular weight is 252 g/mol. The Labute approximate surface area is 105 Å². The highest BCUT2D eigenvalue weighted by molar-refractivity contribution is 5.75. The molecular weight excluding hydrogens is 236 g/mol. The van der Waals surface area contributed by atoms with Gasteiger partial charge in [0.15, 0.2) is 0 Å². The monoisotopic (exact) mass is 252 g/mol. The van der Waals surface area contributed by atoms with Crippen LogP contribution in [0.1, 0.15) is 26.3 Å². The molecule has 0 spiro atoms. The fourth-order valence-corrected chi connectivity index (χ4v) is 1.39. The van der Waals surface area contributed by atoms with Gasteiger partial charge in [0.2, 0.25) is 0 Å². The predicted octanol–water partition coefficient (Wildman–Crippen LogP) is 1.72. The van der Waals surface area contributed by atoms with Crippen LogP contribution in [-0.2, 0) is 15.1 Å². The number of nitro benzene ring substituents is 1. The standard InChI is InChI=1S/C12H16N2O4/c1-8(13)11(15)18-12(2,3)9-4-6-10(7-5-9)14(16)17/h4-8H,13H2,1-3H3/t8-/m0/s1. The molecule has 1 aromatic rings. The van der Waals surface area contributed by atoms with Crippen molar-refractivity contribution < 1.29 is 14.5 Å². The van der Waals surface area contributed by atoms with E-state index in [1.54, 1.807) is 26.0 Å². The van der Waals surface area contributed by atoms with E-state index < -0.39 is 22.5 Å². The largest absolute Gasteiger partial charge is 0.454 e. The van der Waals surface area contributed by atoms with E-state index in [0.717, 1.165) is 0 Å². The summed E-state index contributed by atoms with van der Waals surface area (Å²) in [5.74, 6) is -0.515. The van der Waals surface area contributed by atoms with Gasteiger partial charge in [-0.2, -0.15) is 0 Å². The third-order valence-corrected chi connectivity index (χ3v) is 2.50. The van der Waals surface area contributed by atoms with E-state index >= 15 is 0 Å². The van der Waals surface area contributed by atoms with E-state index in [1.807, 2.05) is 0 Å². The van der Waals surface area contributed by atoms with Gasteiger partial charge in [-0.15, -0.1) is 0 Å². The molecule has 1 rings (SSSR count). The number of rotatable bonds is 4. The average Bonchev–Trinajstić information content (AvgIpc) is 2.28. The second kappa shape index (κ2) is 5.14. The Morgan fingerprint density at radius 1 is 1.39 bits per heavy atom. The first-order valence-electron chi connectivity index (χ1n) is 5.47. The molecule has 98 valence electrons. The molecule has 0 radical (unpaired) electrons. The Kier molecular flexibility index (Phi) is 4.03. The summed E-state index contributed by atoms with van der Waals surface area (Å²) < 4.78 is 5.25. The van der Waals surface area contributed by atoms with Crippen molar-refractivity contribution in [1.29, 1.82) is 0 Å². The number of hydrogen-bond acceptors (Lipinski definition) is 5. The summed E-state index contributed by atoms with van der Waals surface area (Å²) in [7, 11) is 0. The van der Waals surface area contributed by atoms with Crippen LogP contribution in [0.5, 0.6) is 0 Å². The molecule has 0 saturated carbocycles. The van der Waals surface area contributed by atoms with E-state index in [1.165, 1.54) is 19.1 Å². The molecule has 0 fully saturated rings. The van der Waals surface area contributed by atoms with E-state index in [-0.39, 0.29) is 5.69 Å².